The van der Waals surface area contributed by atoms with Crippen LogP contribution in [0.3, 0.4) is 0 Å². The zero-order valence-electron chi connectivity index (χ0n) is 18.9. The van der Waals surface area contributed by atoms with Crippen LogP contribution in [0, 0.1) is 0 Å². The Kier molecular flexibility index (Phi) is 4.48. The minimum absolute atomic E-state index is 0.00958. The maximum absolute atomic E-state index is 3.76. The maximum Gasteiger partial charge on any atom is 0.0623 e. The molecule has 0 saturated carbocycles. The lowest BCUT2D eigenvalue weighted by atomic mass is 9.82. The van der Waals surface area contributed by atoms with Gasteiger partial charge in [0.15, 0.2) is 0 Å². The van der Waals surface area contributed by atoms with Crippen LogP contribution < -0.4 is 10.6 Å². The topological polar surface area (TPSA) is 24.1 Å². The lowest BCUT2D eigenvalue weighted by Gasteiger charge is -2.22. The first-order valence-electron chi connectivity index (χ1n) is 11.5. The van der Waals surface area contributed by atoms with Crippen LogP contribution in [0.25, 0.3) is 21.9 Å². The fraction of sp³-hybridized carbons (Fsp3) is 0.0968. The van der Waals surface area contributed by atoms with Crippen molar-refractivity contribution in [3.05, 3.63) is 120 Å². The number of rotatable bonds is 4. The molecular formula is C31H26N2. The van der Waals surface area contributed by atoms with Gasteiger partial charge >= 0.3 is 0 Å². The van der Waals surface area contributed by atoms with E-state index in [2.05, 4.69) is 134 Å². The van der Waals surface area contributed by atoms with Crippen LogP contribution in [0.5, 0.6) is 0 Å². The summed E-state index contributed by atoms with van der Waals surface area (Å²) in [5, 5.41) is 9.88. The number of anilines is 4. The molecule has 5 aromatic rings. The van der Waals surface area contributed by atoms with Crippen LogP contribution >= 0.6 is 0 Å². The molecular weight excluding hydrogens is 400 g/mol. The molecule has 0 heterocycles. The van der Waals surface area contributed by atoms with E-state index >= 15 is 0 Å². The lowest BCUT2D eigenvalue weighted by Crippen LogP contribution is -2.14. The third-order valence-corrected chi connectivity index (χ3v) is 6.86. The zero-order valence-corrected chi connectivity index (χ0v) is 18.9. The molecule has 0 bridgehead atoms. The van der Waals surface area contributed by atoms with E-state index in [1.54, 1.807) is 0 Å². The van der Waals surface area contributed by atoms with E-state index in [0.717, 1.165) is 22.7 Å². The predicted octanol–water partition coefficient (Wildman–Crippen LogP) is 8.63. The molecule has 6 rings (SSSR count). The molecule has 0 aromatic heterocycles. The van der Waals surface area contributed by atoms with Crippen LogP contribution in [0.4, 0.5) is 22.7 Å². The second-order valence-electron chi connectivity index (χ2n) is 9.22. The largest absolute Gasteiger partial charge is 0.353 e. The molecule has 0 radical (unpaired) electrons. The Hall–Kier alpha value is -4.04. The molecule has 2 nitrogen and oxygen atoms in total. The predicted molar refractivity (Wildman–Crippen MR) is 141 cm³/mol. The molecule has 0 amide bonds. The fourth-order valence-corrected chi connectivity index (χ4v) is 5.18. The Morgan fingerprint density at radius 1 is 0.485 bits per heavy atom. The summed E-state index contributed by atoms with van der Waals surface area (Å²) in [7, 11) is 0. The molecule has 0 spiro atoms. The van der Waals surface area contributed by atoms with Crippen molar-refractivity contribution in [2.75, 3.05) is 10.6 Å². The van der Waals surface area contributed by atoms with Crippen LogP contribution in [0.15, 0.2) is 109 Å². The van der Waals surface area contributed by atoms with E-state index in [4.69, 9.17) is 0 Å². The summed E-state index contributed by atoms with van der Waals surface area (Å²) in [6, 6.07) is 38.7. The number of benzene rings is 5. The van der Waals surface area contributed by atoms with Gasteiger partial charge in [0.05, 0.1) is 11.4 Å². The number of para-hydroxylation sites is 2. The third-order valence-electron chi connectivity index (χ3n) is 6.86. The van der Waals surface area contributed by atoms with E-state index in [0.29, 0.717) is 0 Å². The Balaban J connectivity index is 1.42. The Morgan fingerprint density at radius 2 is 1.03 bits per heavy atom. The van der Waals surface area contributed by atoms with Gasteiger partial charge in [-0.3, -0.25) is 0 Å². The Morgan fingerprint density at radius 3 is 1.88 bits per heavy atom. The highest BCUT2D eigenvalue weighted by atomic mass is 15.0. The maximum atomic E-state index is 3.76. The lowest BCUT2D eigenvalue weighted by molar-refractivity contribution is 0.660. The van der Waals surface area contributed by atoms with Gasteiger partial charge in [-0.1, -0.05) is 98.8 Å². The second kappa shape index (κ2) is 7.53. The van der Waals surface area contributed by atoms with Gasteiger partial charge in [0.25, 0.3) is 0 Å². The fourth-order valence-electron chi connectivity index (χ4n) is 5.18. The summed E-state index contributed by atoms with van der Waals surface area (Å²) >= 11 is 0. The van der Waals surface area contributed by atoms with E-state index in [1.807, 2.05) is 0 Å². The number of nitrogens with one attached hydrogen (secondary N) is 2. The van der Waals surface area contributed by atoms with Crippen LogP contribution in [-0.4, -0.2) is 0 Å². The van der Waals surface area contributed by atoms with E-state index in [-0.39, 0.29) is 5.41 Å². The normalized spacial score (nSPS) is 13.4. The second-order valence-corrected chi connectivity index (χ2v) is 9.22. The van der Waals surface area contributed by atoms with Crippen molar-refractivity contribution in [1.82, 2.24) is 0 Å². The summed E-state index contributed by atoms with van der Waals surface area (Å²) in [5.41, 5.74) is 9.72. The van der Waals surface area contributed by atoms with Crippen molar-refractivity contribution in [3.63, 3.8) is 0 Å². The van der Waals surface area contributed by atoms with Gasteiger partial charge in [-0.25, -0.2) is 0 Å². The van der Waals surface area contributed by atoms with Gasteiger partial charge in [-0.15, -0.1) is 0 Å². The highest BCUT2D eigenvalue weighted by Gasteiger charge is 2.36. The quantitative estimate of drug-likeness (QED) is 0.300. The van der Waals surface area contributed by atoms with Gasteiger partial charge < -0.3 is 10.6 Å². The van der Waals surface area contributed by atoms with E-state index in [9.17, 15) is 0 Å². The highest BCUT2D eigenvalue weighted by Crippen LogP contribution is 2.51. The molecule has 160 valence electrons. The van der Waals surface area contributed by atoms with Gasteiger partial charge in [-0.05, 0) is 46.3 Å². The Labute approximate surface area is 194 Å². The molecule has 33 heavy (non-hydrogen) atoms. The van der Waals surface area contributed by atoms with E-state index < -0.39 is 0 Å². The Bertz CT molecular complexity index is 1490. The summed E-state index contributed by atoms with van der Waals surface area (Å²) in [6.45, 7) is 4.63. The van der Waals surface area contributed by atoms with E-state index in [1.165, 1.54) is 33.0 Å². The van der Waals surface area contributed by atoms with Crippen molar-refractivity contribution >= 4 is 33.5 Å². The van der Waals surface area contributed by atoms with Crippen LogP contribution in [0.2, 0.25) is 0 Å². The van der Waals surface area contributed by atoms with Gasteiger partial charge in [0, 0.05) is 27.7 Å². The van der Waals surface area contributed by atoms with Gasteiger partial charge in [0.2, 0.25) is 0 Å². The minimum atomic E-state index is -0.00958. The van der Waals surface area contributed by atoms with Crippen molar-refractivity contribution in [2.24, 2.45) is 0 Å². The monoisotopic (exact) mass is 426 g/mol. The standard InChI is InChI=1S/C31H26N2/c1-31(2)24-15-6-5-14-23(24)30-25(31)16-10-20-29(30)33-28-18-8-7-17-27(28)32-26-19-9-12-21-11-3-4-13-22(21)26/h3-20,32-33H,1-2H3. The van der Waals surface area contributed by atoms with Crippen LogP contribution in [-0.2, 0) is 5.41 Å². The molecule has 1 aliphatic carbocycles. The van der Waals surface area contributed by atoms with Crippen LogP contribution in [0.1, 0.15) is 25.0 Å². The molecule has 1 aliphatic rings. The first-order chi connectivity index (χ1) is 16.1. The summed E-state index contributed by atoms with van der Waals surface area (Å²) in [4.78, 5) is 0. The molecule has 0 unspecified atom stereocenters. The average Bonchev–Trinajstić information content (AvgIpc) is 3.08. The smallest absolute Gasteiger partial charge is 0.0623 e. The van der Waals surface area contributed by atoms with Gasteiger partial charge in [0.1, 0.15) is 0 Å². The third kappa shape index (κ3) is 3.18. The van der Waals surface area contributed by atoms with Crippen molar-refractivity contribution in [3.8, 4) is 11.1 Å². The summed E-state index contributed by atoms with van der Waals surface area (Å²) in [6.07, 6.45) is 0. The molecule has 0 saturated heterocycles. The molecule has 0 fully saturated rings. The van der Waals surface area contributed by atoms with Crippen molar-refractivity contribution < 1.29 is 0 Å². The molecule has 0 aliphatic heterocycles. The number of fused-ring (bicyclic) bond motifs is 4. The minimum Gasteiger partial charge on any atom is -0.353 e. The molecule has 5 aromatic carbocycles. The first-order valence-corrected chi connectivity index (χ1v) is 11.5. The van der Waals surface area contributed by atoms with Crippen molar-refractivity contribution in [2.45, 2.75) is 19.3 Å². The highest BCUT2D eigenvalue weighted by molar-refractivity contribution is 5.97. The van der Waals surface area contributed by atoms with Crippen molar-refractivity contribution in [1.29, 1.82) is 0 Å². The number of hydrogen-bond acceptors (Lipinski definition) is 2. The zero-order chi connectivity index (χ0) is 22.4. The number of hydrogen-bond donors (Lipinski definition) is 2. The molecule has 2 heteroatoms. The summed E-state index contributed by atoms with van der Waals surface area (Å²) in [5.74, 6) is 0. The summed E-state index contributed by atoms with van der Waals surface area (Å²) < 4.78 is 0. The molecule has 0 atom stereocenters. The average molecular weight is 427 g/mol. The SMILES string of the molecule is CC1(C)c2ccccc2-c2c(Nc3ccccc3Nc3cccc4ccccc34)cccc21. The van der Waals surface area contributed by atoms with Gasteiger partial charge in [-0.2, -0.15) is 0 Å². The molecule has 2 N–H and O–H groups in total. The first kappa shape index (κ1) is 19.6.